The summed E-state index contributed by atoms with van der Waals surface area (Å²) in [6.45, 7) is 4.87. The van der Waals surface area contributed by atoms with Crippen molar-refractivity contribution in [1.82, 2.24) is 15.4 Å². The zero-order valence-electron chi connectivity index (χ0n) is 15.3. The minimum Gasteiger partial charge on any atom is -0.361 e. The highest BCUT2D eigenvalue weighted by atomic mass is 19.4. The molecule has 0 spiro atoms. The van der Waals surface area contributed by atoms with E-state index >= 15 is 0 Å². The molecule has 2 rings (SSSR count). The average molecular weight is 368 g/mol. The summed E-state index contributed by atoms with van der Waals surface area (Å²) in [4.78, 5) is 6.07. The number of benzene rings is 1. The Morgan fingerprint density at radius 2 is 1.88 bits per heavy atom. The van der Waals surface area contributed by atoms with Crippen molar-refractivity contribution in [3.63, 3.8) is 0 Å². The lowest BCUT2D eigenvalue weighted by molar-refractivity contribution is -0.137. The number of nitrogens with one attached hydrogen (secondary N) is 1. The number of halogens is 3. The number of hydrogen-bond donors (Lipinski definition) is 1. The van der Waals surface area contributed by atoms with E-state index in [2.05, 4.69) is 15.5 Å². The van der Waals surface area contributed by atoms with Gasteiger partial charge in [0.15, 0.2) is 5.96 Å². The Hall–Kier alpha value is -2.51. The fourth-order valence-corrected chi connectivity index (χ4v) is 2.69. The molecule has 0 aliphatic carbocycles. The summed E-state index contributed by atoms with van der Waals surface area (Å²) in [5.41, 5.74) is 2.07. The molecule has 0 saturated carbocycles. The second kappa shape index (κ2) is 8.25. The lowest BCUT2D eigenvalue weighted by Gasteiger charge is -2.22. The monoisotopic (exact) mass is 368 g/mol. The molecule has 1 aromatic carbocycles. The van der Waals surface area contributed by atoms with Gasteiger partial charge < -0.3 is 14.7 Å². The van der Waals surface area contributed by atoms with Crippen LogP contribution in [-0.2, 0) is 19.1 Å². The van der Waals surface area contributed by atoms with Gasteiger partial charge in [0, 0.05) is 32.7 Å². The van der Waals surface area contributed by atoms with Crippen LogP contribution in [0.5, 0.6) is 0 Å². The molecule has 0 aliphatic rings. The van der Waals surface area contributed by atoms with E-state index < -0.39 is 11.7 Å². The fraction of sp³-hybridized carbons (Fsp3) is 0.444. The predicted octanol–water partition coefficient (Wildman–Crippen LogP) is 3.56. The predicted molar refractivity (Wildman–Crippen MR) is 94.0 cm³/mol. The van der Waals surface area contributed by atoms with Crippen molar-refractivity contribution in [2.24, 2.45) is 4.99 Å². The maximum Gasteiger partial charge on any atom is 0.416 e. The van der Waals surface area contributed by atoms with Crippen LogP contribution >= 0.6 is 0 Å². The van der Waals surface area contributed by atoms with E-state index in [0.717, 1.165) is 41.1 Å². The molecule has 1 heterocycles. The minimum absolute atomic E-state index is 0.448. The lowest BCUT2D eigenvalue weighted by Crippen LogP contribution is -2.39. The summed E-state index contributed by atoms with van der Waals surface area (Å²) in [6.07, 6.45) is -3.57. The Labute approximate surface area is 150 Å². The standard InChI is InChI=1S/C18H23F3N4O/c1-12-16(13(2)26-24-12)9-10-23-17(22-3)25(4)11-14-5-7-15(8-6-14)18(19,20)21/h5-8H,9-11H2,1-4H3,(H,22,23). The normalized spacial score (nSPS) is 12.3. The third kappa shape index (κ3) is 5.00. The number of aliphatic imine (C=N–C) groups is 1. The first-order valence-corrected chi connectivity index (χ1v) is 8.22. The van der Waals surface area contributed by atoms with Crippen LogP contribution < -0.4 is 5.32 Å². The van der Waals surface area contributed by atoms with E-state index in [-0.39, 0.29) is 0 Å². The zero-order valence-corrected chi connectivity index (χ0v) is 15.3. The van der Waals surface area contributed by atoms with Crippen LogP contribution in [0.25, 0.3) is 0 Å². The van der Waals surface area contributed by atoms with Crippen LogP contribution in [0.15, 0.2) is 33.8 Å². The first-order chi connectivity index (χ1) is 12.2. The SMILES string of the molecule is CN=C(NCCc1c(C)noc1C)N(C)Cc1ccc(C(F)(F)F)cc1. The highest BCUT2D eigenvalue weighted by Gasteiger charge is 2.29. The summed E-state index contributed by atoms with van der Waals surface area (Å²) in [6, 6.07) is 5.15. The van der Waals surface area contributed by atoms with E-state index in [1.807, 2.05) is 25.8 Å². The summed E-state index contributed by atoms with van der Waals surface area (Å²) in [7, 11) is 3.50. The van der Waals surface area contributed by atoms with Crippen LogP contribution in [0.1, 0.15) is 28.1 Å². The van der Waals surface area contributed by atoms with Crippen LogP contribution in [-0.4, -0.2) is 36.7 Å². The minimum atomic E-state index is -4.32. The maximum absolute atomic E-state index is 12.6. The number of guanidine groups is 1. The fourth-order valence-electron chi connectivity index (χ4n) is 2.69. The summed E-state index contributed by atoms with van der Waals surface area (Å²) in [5.74, 6) is 1.47. The molecule has 0 amide bonds. The third-order valence-electron chi connectivity index (χ3n) is 4.11. The van der Waals surface area contributed by atoms with Crippen molar-refractivity contribution in [2.75, 3.05) is 20.6 Å². The van der Waals surface area contributed by atoms with Crippen molar-refractivity contribution in [3.8, 4) is 0 Å². The molecule has 26 heavy (non-hydrogen) atoms. The van der Waals surface area contributed by atoms with Crippen molar-refractivity contribution >= 4 is 5.96 Å². The number of aryl methyl sites for hydroxylation is 2. The van der Waals surface area contributed by atoms with Crippen LogP contribution in [0.4, 0.5) is 13.2 Å². The van der Waals surface area contributed by atoms with Gasteiger partial charge in [-0.2, -0.15) is 13.2 Å². The van der Waals surface area contributed by atoms with E-state index in [1.165, 1.54) is 12.1 Å². The van der Waals surface area contributed by atoms with Gasteiger partial charge in [0.2, 0.25) is 0 Å². The largest absolute Gasteiger partial charge is 0.416 e. The van der Waals surface area contributed by atoms with Gasteiger partial charge in [-0.25, -0.2) is 0 Å². The van der Waals surface area contributed by atoms with Crippen molar-refractivity contribution in [2.45, 2.75) is 33.0 Å². The number of alkyl halides is 3. The molecule has 0 aliphatic heterocycles. The molecule has 0 unspecified atom stereocenters. The second-order valence-corrected chi connectivity index (χ2v) is 6.08. The van der Waals surface area contributed by atoms with Gasteiger partial charge in [-0.15, -0.1) is 0 Å². The molecule has 0 fully saturated rings. The van der Waals surface area contributed by atoms with Crippen molar-refractivity contribution in [3.05, 3.63) is 52.4 Å². The van der Waals surface area contributed by atoms with E-state index in [1.54, 1.807) is 7.05 Å². The Kier molecular flexibility index (Phi) is 6.28. The molecule has 142 valence electrons. The Morgan fingerprint density at radius 1 is 1.23 bits per heavy atom. The van der Waals surface area contributed by atoms with Crippen LogP contribution in [0, 0.1) is 13.8 Å². The second-order valence-electron chi connectivity index (χ2n) is 6.08. The zero-order chi connectivity index (χ0) is 19.3. The molecule has 1 aromatic heterocycles. The highest BCUT2D eigenvalue weighted by molar-refractivity contribution is 5.79. The Morgan fingerprint density at radius 3 is 2.38 bits per heavy atom. The van der Waals surface area contributed by atoms with E-state index in [9.17, 15) is 13.2 Å². The first kappa shape index (κ1) is 19.8. The van der Waals surface area contributed by atoms with Crippen molar-refractivity contribution in [1.29, 1.82) is 0 Å². The first-order valence-electron chi connectivity index (χ1n) is 8.22. The summed E-state index contributed by atoms with van der Waals surface area (Å²) in [5, 5.41) is 7.17. The maximum atomic E-state index is 12.6. The molecular weight excluding hydrogens is 345 g/mol. The van der Waals surface area contributed by atoms with Crippen molar-refractivity contribution < 1.29 is 17.7 Å². The van der Waals surface area contributed by atoms with E-state index in [0.29, 0.717) is 19.0 Å². The van der Waals surface area contributed by atoms with Gasteiger partial charge >= 0.3 is 6.18 Å². The molecular formula is C18H23F3N4O. The quantitative estimate of drug-likeness (QED) is 0.648. The number of hydrogen-bond acceptors (Lipinski definition) is 3. The number of rotatable bonds is 5. The van der Waals surface area contributed by atoms with Crippen LogP contribution in [0.3, 0.4) is 0 Å². The van der Waals surface area contributed by atoms with Gasteiger partial charge in [-0.05, 0) is 38.0 Å². The third-order valence-corrected chi connectivity index (χ3v) is 4.11. The summed E-state index contributed by atoms with van der Waals surface area (Å²) >= 11 is 0. The highest BCUT2D eigenvalue weighted by Crippen LogP contribution is 2.29. The smallest absolute Gasteiger partial charge is 0.361 e. The molecule has 0 radical (unpaired) electrons. The van der Waals surface area contributed by atoms with Gasteiger partial charge in [0.25, 0.3) is 0 Å². The topological polar surface area (TPSA) is 53.7 Å². The van der Waals surface area contributed by atoms with Gasteiger partial charge in [-0.1, -0.05) is 17.3 Å². The molecule has 2 aromatic rings. The van der Waals surface area contributed by atoms with E-state index in [4.69, 9.17) is 4.52 Å². The van der Waals surface area contributed by atoms with Gasteiger partial charge in [0.1, 0.15) is 5.76 Å². The number of aromatic nitrogens is 1. The molecule has 5 nitrogen and oxygen atoms in total. The van der Waals surface area contributed by atoms with Crippen LogP contribution in [0.2, 0.25) is 0 Å². The Bertz CT molecular complexity index is 731. The lowest BCUT2D eigenvalue weighted by atomic mass is 10.1. The molecule has 0 atom stereocenters. The molecule has 0 bridgehead atoms. The average Bonchev–Trinajstić information content (AvgIpc) is 2.90. The Balaban J connectivity index is 1.91. The molecule has 8 heteroatoms. The summed E-state index contributed by atoms with van der Waals surface area (Å²) < 4.78 is 43.0. The molecule has 1 N–H and O–H groups in total. The number of nitrogens with zero attached hydrogens (tertiary/aromatic N) is 3. The molecule has 0 saturated heterocycles. The van der Waals surface area contributed by atoms with Gasteiger partial charge in [-0.3, -0.25) is 4.99 Å². The van der Waals surface area contributed by atoms with Gasteiger partial charge in [0.05, 0.1) is 11.3 Å².